The Labute approximate surface area is 196 Å². The van der Waals surface area contributed by atoms with Crippen LogP contribution in [0.5, 0.6) is 11.5 Å². The SMILES string of the molecule is COc1ccc(S(=O)(=O)N(C)CC(=O)NCc2ccccc2CN2CCCCC2)cc1OC. The van der Waals surface area contributed by atoms with Crippen molar-refractivity contribution in [3.05, 3.63) is 53.6 Å². The lowest BCUT2D eigenvalue weighted by molar-refractivity contribution is -0.121. The molecule has 2 aromatic carbocycles. The van der Waals surface area contributed by atoms with E-state index in [0.717, 1.165) is 29.5 Å². The average molecular weight is 476 g/mol. The smallest absolute Gasteiger partial charge is 0.243 e. The summed E-state index contributed by atoms with van der Waals surface area (Å²) in [6, 6.07) is 12.4. The molecule has 8 nitrogen and oxygen atoms in total. The third kappa shape index (κ3) is 6.46. The molecule has 1 amide bonds. The Hall–Kier alpha value is -2.62. The summed E-state index contributed by atoms with van der Waals surface area (Å²) in [4.78, 5) is 15.0. The number of sulfonamides is 1. The second-order valence-corrected chi connectivity index (χ2v) is 10.2. The van der Waals surface area contributed by atoms with Crippen molar-refractivity contribution in [2.75, 3.05) is 40.9 Å². The molecule has 180 valence electrons. The van der Waals surface area contributed by atoms with E-state index in [2.05, 4.69) is 16.3 Å². The molecule has 0 spiro atoms. The fourth-order valence-corrected chi connectivity index (χ4v) is 5.08. The van der Waals surface area contributed by atoms with E-state index in [0.29, 0.717) is 18.0 Å². The highest BCUT2D eigenvalue weighted by Crippen LogP contribution is 2.30. The van der Waals surface area contributed by atoms with E-state index < -0.39 is 10.0 Å². The Balaban J connectivity index is 1.61. The number of likely N-dealkylation sites (N-methyl/N-ethyl adjacent to an activating group) is 1. The van der Waals surface area contributed by atoms with Gasteiger partial charge < -0.3 is 14.8 Å². The van der Waals surface area contributed by atoms with Crippen LogP contribution in [-0.4, -0.2) is 64.4 Å². The van der Waals surface area contributed by atoms with Gasteiger partial charge in [0.2, 0.25) is 15.9 Å². The Morgan fingerprint density at radius 3 is 2.33 bits per heavy atom. The highest BCUT2D eigenvalue weighted by Gasteiger charge is 2.24. The van der Waals surface area contributed by atoms with Gasteiger partial charge in [-0.3, -0.25) is 9.69 Å². The Bertz CT molecular complexity index is 1050. The largest absolute Gasteiger partial charge is 0.493 e. The number of nitrogens with one attached hydrogen (secondary N) is 1. The molecule has 0 atom stereocenters. The van der Waals surface area contributed by atoms with Gasteiger partial charge in [-0.15, -0.1) is 0 Å². The third-order valence-corrected chi connectivity index (χ3v) is 7.67. The number of methoxy groups -OCH3 is 2. The minimum absolute atomic E-state index is 0.0299. The number of piperidine rings is 1. The molecular weight excluding hydrogens is 442 g/mol. The zero-order chi connectivity index (χ0) is 23.8. The van der Waals surface area contributed by atoms with Gasteiger partial charge in [-0.1, -0.05) is 30.7 Å². The maximum atomic E-state index is 12.9. The first-order chi connectivity index (χ1) is 15.8. The van der Waals surface area contributed by atoms with Crippen LogP contribution in [0, 0.1) is 0 Å². The molecule has 1 saturated heterocycles. The summed E-state index contributed by atoms with van der Waals surface area (Å²) in [5, 5.41) is 2.86. The first-order valence-corrected chi connectivity index (χ1v) is 12.5. The molecule has 0 saturated carbocycles. The molecular formula is C24H33N3O5S. The predicted molar refractivity (Wildman–Crippen MR) is 127 cm³/mol. The van der Waals surface area contributed by atoms with Crippen LogP contribution in [0.3, 0.4) is 0 Å². The summed E-state index contributed by atoms with van der Waals surface area (Å²) in [5.74, 6) is 0.371. The molecule has 9 heteroatoms. The molecule has 0 radical (unpaired) electrons. The van der Waals surface area contributed by atoms with E-state index in [1.165, 1.54) is 64.3 Å². The van der Waals surface area contributed by atoms with Crippen LogP contribution in [0.15, 0.2) is 47.4 Å². The summed E-state index contributed by atoms with van der Waals surface area (Å²) < 4.78 is 37.2. The summed E-state index contributed by atoms with van der Waals surface area (Å²) >= 11 is 0. The van der Waals surface area contributed by atoms with Crippen molar-refractivity contribution >= 4 is 15.9 Å². The summed E-state index contributed by atoms with van der Waals surface area (Å²) in [7, 11) is 0.432. The van der Waals surface area contributed by atoms with Gasteiger partial charge in [-0.25, -0.2) is 8.42 Å². The molecule has 1 aliphatic heterocycles. The number of likely N-dealkylation sites (tertiary alicyclic amines) is 1. The first kappa shape index (κ1) is 25.0. The highest BCUT2D eigenvalue weighted by atomic mass is 32.2. The Morgan fingerprint density at radius 2 is 1.67 bits per heavy atom. The molecule has 0 unspecified atom stereocenters. The highest BCUT2D eigenvalue weighted by molar-refractivity contribution is 7.89. The minimum Gasteiger partial charge on any atom is -0.493 e. The predicted octanol–water partition coefficient (Wildman–Crippen LogP) is 2.63. The molecule has 1 N–H and O–H groups in total. The number of ether oxygens (including phenoxy) is 2. The monoisotopic (exact) mass is 475 g/mol. The van der Waals surface area contributed by atoms with E-state index in [1.807, 2.05) is 18.2 Å². The van der Waals surface area contributed by atoms with E-state index in [4.69, 9.17) is 9.47 Å². The molecule has 1 fully saturated rings. The second kappa shape index (κ2) is 11.5. The number of carbonyl (C=O) groups excluding carboxylic acids is 1. The summed E-state index contributed by atoms with van der Waals surface area (Å²) in [6.07, 6.45) is 3.73. The van der Waals surface area contributed by atoms with Crippen molar-refractivity contribution < 1.29 is 22.7 Å². The molecule has 0 aliphatic carbocycles. The quantitative estimate of drug-likeness (QED) is 0.568. The number of benzene rings is 2. The maximum Gasteiger partial charge on any atom is 0.243 e. The van der Waals surface area contributed by atoms with Crippen LogP contribution in [0.25, 0.3) is 0 Å². The van der Waals surface area contributed by atoms with Crippen molar-refractivity contribution in [3.8, 4) is 11.5 Å². The second-order valence-electron chi connectivity index (χ2n) is 8.16. The van der Waals surface area contributed by atoms with E-state index >= 15 is 0 Å². The van der Waals surface area contributed by atoms with Gasteiger partial charge in [0, 0.05) is 26.2 Å². The van der Waals surface area contributed by atoms with Gasteiger partial charge in [0.25, 0.3) is 0 Å². The third-order valence-electron chi connectivity index (χ3n) is 5.87. The topological polar surface area (TPSA) is 88.2 Å². The van der Waals surface area contributed by atoms with Crippen LogP contribution in [0.1, 0.15) is 30.4 Å². The number of hydrogen-bond donors (Lipinski definition) is 1. The van der Waals surface area contributed by atoms with E-state index in [-0.39, 0.29) is 17.3 Å². The number of rotatable bonds is 10. The van der Waals surface area contributed by atoms with Crippen LogP contribution in [0.2, 0.25) is 0 Å². The molecule has 0 bridgehead atoms. The Morgan fingerprint density at radius 1 is 1.00 bits per heavy atom. The zero-order valence-corrected chi connectivity index (χ0v) is 20.4. The maximum absolute atomic E-state index is 12.9. The van der Waals surface area contributed by atoms with Gasteiger partial charge in [0.05, 0.1) is 25.7 Å². The van der Waals surface area contributed by atoms with Gasteiger partial charge in [-0.05, 0) is 49.2 Å². The fraction of sp³-hybridized carbons (Fsp3) is 0.458. The van der Waals surface area contributed by atoms with E-state index in [9.17, 15) is 13.2 Å². The lowest BCUT2D eigenvalue weighted by atomic mass is 10.0. The molecule has 3 rings (SSSR count). The van der Waals surface area contributed by atoms with Crippen LogP contribution >= 0.6 is 0 Å². The summed E-state index contributed by atoms with van der Waals surface area (Å²) in [6.45, 7) is 3.12. The van der Waals surface area contributed by atoms with Gasteiger partial charge in [0.1, 0.15) is 0 Å². The lowest BCUT2D eigenvalue weighted by Crippen LogP contribution is -2.38. The number of nitrogens with zero attached hydrogens (tertiary/aromatic N) is 2. The Kier molecular flexibility index (Phi) is 8.71. The zero-order valence-electron chi connectivity index (χ0n) is 19.5. The molecule has 0 aromatic heterocycles. The summed E-state index contributed by atoms with van der Waals surface area (Å²) in [5.41, 5.74) is 2.23. The number of amides is 1. The van der Waals surface area contributed by atoms with Crippen molar-refractivity contribution in [2.24, 2.45) is 0 Å². The molecule has 33 heavy (non-hydrogen) atoms. The fourth-order valence-electron chi connectivity index (χ4n) is 3.94. The number of hydrogen-bond acceptors (Lipinski definition) is 6. The van der Waals surface area contributed by atoms with Gasteiger partial charge in [-0.2, -0.15) is 4.31 Å². The van der Waals surface area contributed by atoms with Crippen molar-refractivity contribution in [1.29, 1.82) is 0 Å². The van der Waals surface area contributed by atoms with Gasteiger partial charge >= 0.3 is 0 Å². The van der Waals surface area contributed by atoms with Crippen LogP contribution < -0.4 is 14.8 Å². The van der Waals surface area contributed by atoms with Crippen molar-refractivity contribution in [2.45, 2.75) is 37.2 Å². The number of carbonyl (C=O) groups is 1. The normalized spacial score (nSPS) is 14.8. The molecule has 1 heterocycles. The van der Waals surface area contributed by atoms with Crippen molar-refractivity contribution in [1.82, 2.24) is 14.5 Å². The van der Waals surface area contributed by atoms with Gasteiger partial charge in [0.15, 0.2) is 11.5 Å². The molecule has 1 aliphatic rings. The minimum atomic E-state index is -3.87. The lowest BCUT2D eigenvalue weighted by Gasteiger charge is -2.27. The molecule has 2 aromatic rings. The van der Waals surface area contributed by atoms with E-state index in [1.54, 1.807) is 0 Å². The standard InChI is InChI=1S/C24H33N3O5S/c1-26(33(29,30)21-11-12-22(31-2)23(15-21)32-3)18-24(28)25-16-19-9-5-6-10-20(19)17-27-13-7-4-8-14-27/h5-6,9-12,15H,4,7-8,13-14,16-18H2,1-3H3,(H,25,28). The average Bonchev–Trinajstić information content (AvgIpc) is 2.83. The van der Waals surface area contributed by atoms with Crippen LogP contribution in [-0.2, 0) is 27.9 Å². The first-order valence-electron chi connectivity index (χ1n) is 11.1. The van der Waals surface area contributed by atoms with Crippen molar-refractivity contribution in [3.63, 3.8) is 0 Å². The van der Waals surface area contributed by atoms with Crippen LogP contribution in [0.4, 0.5) is 0 Å².